The molecule has 0 radical (unpaired) electrons. The number of ketones is 1. The molecule has 2 aromatic carbocycles. The number of nitrogens with zero attached hydrogens (tertiary/aromatic N) is 2. The smallest absolute Gasteiger partial charge is 0.287 e. The summed E-state index contributed by atoms with van der Waals surface area (Å²) in [6.07, 6.45) is 5.78. The van der Waals surface area contributed by atoms with Crippen LogP contribution >= 0.6 is 0 Å². The Morgan fingerprint density at radius 3 is 2.34 bits per heavy atom. The van der Waals surface area contributed by atoms with Crippen LogP contribution in [0.5, 0.6) is 0 Å². The number of hydrogen-bond donors (Lipinski definition) is 2. The summed E-state index contributed by atoms with van der Waals surface area (Å²) in [4.78, 5) is 41.4. The first-order chi connectivity index (χ1) is 16.9. The van der Waals surface area contributed by atoms with Crippen molar-refractivity contribution in [3.05, 3.63) is 70.8 Å². The monoisotopic (exact) mass is 476 g/mol. The van der Waals surface area contributed by atoms with Gasteiger partial charge in [-0.1, -0.05) is 74.4 Å². The molecule has 2 amide bonds. The van der Waals surface area contributed by atoms with Gasteiger partial charge in [0.05, 0.1) is 6.04 Å². The van der Waals surface area contributed by atoms with Gasteiger partial charge in [0.2, 0.25) is 5.78 Å². The summed E-state index contributed by atoms with van der Waals surface area (Å²) >= 11 is 0. The minimum Gasteiger partial charge on any atom is -0.363 e. The fourth-order valence-electron chi connectivity index (χ4n) is 4.12. The highest BCUT2D eigenvalue weighted by molar-refractivity contribution is 6.38. The number of amides is 2. The maximum atomic E-state index is 13.0. The molecule has 2 aromatic rings. The van der Waals surface area contributed by atoms with Gasteiger partial charge in [-0.2, -0.15) is 0 Å². The van der Waals surface area contributed by atoms with Crippen LogP contribution in [0.15, 0.2) is 48.5 Å². The molecule has 0 saturated carbocycles. The SMILES string of the molecule is CCCCC(NC(=O)c1ccccc1/C=C/c1ccc(CN2CCN(C)CC2)cc1)C(=O)C(N)=O. The molecular formula is C28H36N4O3. The van der Waals surface area contributed by atoms with Crippen molar-refractivity contribution in [1.82, 2.24) is 15.1 Å². The summed E-state index contributed by atoms with van der Waals surface area (Å²) < 4.78 is 0. The summed E-state index contributed by atoms with van der Waals surface area (Å²) in [6, 6.07) is 14.7. The van der Waals surface area contributed by atoms with E-state index in [1.165, 1.54) is 5.56 Å². The standard InChI is InChI=1S/C28H36N4O3/c1-3-4-9-25(26(33)27(29)34)30-28(35)24-8-6-5-7-23(24)15-14-21-10-12-22(13-11-21)20-32-18-16-31(2)17-19-32/h5-8,10-15,25H,3-4,9,16-20H2,1-2H3,(H2,29,34)(H,30,35)/b15-14+. The lowest BCUT2D eigenvalue weighted by atomic mass is 10.0. The number of rotatable bonds is 11. The van der Waals surface area contributed by atoms with Crippen LogP contribution in [0.4, 0.5) is 0 Å². The highest BCUT2D eigenvalue weighted by Crippen LogP contribution is 2.16. The molecule has 3 N–H and O–H groups in total. The van der Waals surface area contributed by atoms with E-state index in [1.54, 1.807) is 12.1 Å². The van der Waals surface area contributed by atoms with E-state index in [0.29, 0.717) is 18.4 Å². The number of unbranched alkanes of at least 4 members (excludes halogenated alkanes) is 1. The lowest BCUT2D eigenvalue weighted by Gasteiger charge is -2.32. The predicted molar refractivity (Wildman–Crippen MR) is 140 cm³/mol. The molecule has 0 spiro atoms. The quantitative estimate of drug-likeness (QED) is 0.384. The first-order valence-corrected chi connectivity index (χ1v) is 12.3. The van der Waals surface area contributed by atoms with Crippen molar-refractivity contribution in [3.63, 3.8) is 0 Å². The van der Waals surface area contributed by atoms with Crippen molar-refractivity contribution in [2.24, 2.45) is 5.73 Å². The van der Waals surface area contributed by atoms with E-state index in [4.69, 9.17) is 5.73 Å². The van der Waals surface area contributed by atoms with Crippen molar-refractivity contribution >= 4 is 29.7 Å². The Kier molecular flexibility index (Phi) is 9.76. The van der Waals surface area contributed by atoms with Crippen molar-refractivity contribution in [3.8, 4) is 0 Å². The summed E-state index contributed by atoms with van der Waals surface area (Å²) in [5.41, 5.74) is 8.66. The van der Waals surface area contributed by atoms with Gasteiger partial charge < -0.3 is 16.0 Å². The zero-order valence-electron chi connectivity index (χ0n) is 20.7. The van der Waals surface area contributed by atoms with Crippen LogP contribution in [0.25, 0.3) is 12.2 Å². The van der Waals surface area contributed by atoms with Crippen LogP contribution in [-0.4, -0.2) is 66.7 Å². The Balaban J connectivity index is 1.67. The number of nitrogens with one attached hydrogen (secondary N) is 1. The molecule has 1 atom stereocenters. The lowest BCUT2D eigenvalue weighted by molar-refractivity contribution is -0.137. The molecule has 186 valence electrons. The zero-order valence-corrected chi connectivity index (χ0v) is 20.7. The summed E-state index contributed by atoms with van der Waals surface area (Å²) in [5.74, 6) is -2.20. The van der Waals surface area contributed by atoms with Gasteiger partial charge in [0, 0.05) is 38.3 Å². The lowest BCUT2D eigenvalue weighted by Crippen LogP contribution is -2.46. The molecule has 0 bridgehead atoms. The van der Waals surface area contributed by atoms with E-state index in [2.05, 4.69) is 46.4 Å². The molecular weight excluding hydrogens is 440 g/mol. The Morgan fingerprint density at radius 2 is 1.69 bits per heavy atom. The summed E-state index contributed by atoms with van der Waals surface area (Å²) in [7, 11) is 2.16. The number of likely N-dealkylation sites (N-methyl/N-ethyl adjacent to an activating group) is 1. The first kappa shape index (κ1) is 26.3. The van der Waals surface area contributed by atoms with Gasteiger partial charge in [0.1, 0.15) is 0 Å². The van der Waals surface area contributed by atoms with Crippen molar-refractivity contribution in [2.45, 2.75) is 38.8 Å². The van der Waals surface area contributed by atoms with E-state index >= 15 is 0 Å². The second kappa shape index (κ2) is 13.0. The molecule has 1 aliphatic rings. The van der Waals surface area contributed by atoms with Crippen LogP contribution in [0.3, 0.4) is 0 Å². The van der Waals surface area contributed by atoms with Gasteiger partial charge in [0.15, 0.2) is 0 Å². The predicted octanol–water partition coefficient (Wildman–Crippen LogP) is 2.95. The minimum absolute atomic E-state index is 0.377. The number of primary amides is 1. The summed E-state index contributed by atoms with van der Waals surface area (Å²) in [6.45, 7) is 7.30. The van der Waals surface area contributed by atoms with Gasteiger partial charge in [-0.05, 0) is 36.2 Å². The molecule has 7 nitrogen and oxygen atoms in total. The van der Waals surface area contributed by atoms with Gasteiger partial charge in [0.25, 0.3) is 11.8 Å². The maximum Gasteiger partial charge on any atom is 0.287 e. The molecule has 7 heteroatoms. The number of piperazine rings is 1. The Labute approximate surface area is 208 Å². The third-order valence-corrected chi connectivity index (χ3v) is 6.35. The highest BCUT2D eigenvalue weighted by Gasteiger charge is 2.25. The molecule has 0 aromatic heterocycles. The maximum absolute atomic E-state index is 13.0. The van der Waals surface area contributed by atoms with Crippen LogP contribution in [0.1, 0.15) is 53.2 Å². The number of hydrogen-bond acceptors (Lipinski definition) is 5. The molecule has 1 saturated heterocycles. The van der Waals surface area contributed by atoms with E-state index in [-0.39, 0.29) is 0 Å². The Bertz CT molecular complexity index is 1040. The molecule has 1 fully saturated rings. The van der Waals surface area contributed by atoms with Crippen molar-refractivity contribution in [1.29, 1.82) is 0 Å². The number of carbonyl (C=O) groups excluding carboxylic acids is 3. The summed E-state index contributed by atoms with van der Waals surface area (Å²) in [5, 5.41) is 2.71. The second-order valence-electron chi connectivity index (χ2n) is 9.14. The average molecular weight is 477 g/mol. The fourth-order valence-corrected chi connectivity index (χ4v) is 4.12. The fraction of sp³-hybridized carbons (Fsp3) is 0.393. The zero-order chi connectivity index (χ0) is 25.2. The van der Waals surface area contributed by atoms with E-state index in [1.807, 2.05) is 31.2 Å². The van der Waals surface area contributed by atoms with Crippen LogP contribution < -0.4 is 11.1 Å². The Hall–Kier alpha value is -3.29. The number of benzene rings is 2. The van der Waals surface area contributed by atoms with Gasteiger partial charge >= 0.3 is 0 Å². The molecule has 1 heterocycles. The van der Waals surface area contributed by atoms with E-state index in [0.717, 1.165) is 50.3 Å². The second-order valence-corrected chi connectivity index (χ2v) is 9.14. The van der Waals surface area contributed by atoms with Crippen LogP contribution in [0, 0.1) is 0 Å². The first-order valence-electron chi connectivity index (χ1n) is 12.3. The highest BCUT2D eigenvalue weighted by atomic mass is 16.2. The molecule has 1 aliphatic heterocycles. The third-order valence-electron chi connectivity index (χ3n) is 6.35. The topological polar surface area (TPSA) is 95.7 Å². The Morgan fingerprint density at radius 1 is 1.00 bits per heavy atom. The van der Waals surface area contributed by atoms with Crippen LogP contribution in [-0.2, 0) is 16.1 Å². The average Bonchev–Trinajstić information content (AvgIpc) is 2.87. The van der Waals surface area contributed by atoms with Crippen LogP contribution in [0.2, 0.25) is 0 Å². The van der Waals surface area contributed by atoms with Gasteiger partial charge in [-0.3, -0.25) is 19.3 Å². The number of nitrogens with two attached hydrogens (primary N) is 1. The largest absolute Gasteiger partial charge is 0.363 e. The molecule has 1 unspecified atom stereocenters. The third kappa shape index (κ3) is 7.87. The van der Waals surface area contributed by atoms with Gasteiger partial charge in [-0.15, -0.1) is 0 Å². The van der Waals surface area contributed by atoms with Crippen molar-refractivity contribution < 1.29 is 14.4 Å². The normalized spacial score (nSPS) is 15.7. The molecule has 35 heavy (non-hydrogen) atoms. The number of carbonyl (C=O) groups is 3. The molecule has 0 aliphatic carbocycles. The molecule has 3 rings (SSSR count). The minimum atomic E-state index is -1.03. The van der Waals surface area contributed by atoms with E-state index in [9.17, 15) is 14.4 Å². The number of Topliss-reactive ketones (excluding diaryl/α,β-unsaturated/α-hetero) is 1. The van der Waals surface area contributed by atoms with Gasteiger partial charge in [-0.25, -0.2) is 0 Å². The van der Waals surface area contributed by atoms with E-state index < -0.39 is 23.6 Å². The van der Waals surface area contributed by atoms with Crippen molar-refractivity contribution in [2.75, 3.05) is 33.2 Å².